The standard InChI is InChI=1S/C29H37N5OS/c1-20-9-10-21(2)26(18-20)34-22(3)19-24(23(34)4)28-27(25-8-5-6-11-30-25)31-29(36)33(28)13-7-12-32-14-16-35-17-15-32/h5-6,8-11,18-19,27-28H,7,12-17H2,1-4H3,(H,31,36)/t27-,28+/m0/s1. The Balaban J connectivity index is 1.50. The minimum absolute atomic E-state index is 0.00893. The highest BCUT2D eigenvalue weighted by atomic mass is 32.1. The van der Waals surface area contributed by atoms with E-state index in [9.17, 15) is 0 Å². The number of benzene rings is 1. The van der Waals surface area contributed by atoms with Crippen LogP contribution in [0.25, 0.3) is 5.69 Å². The average Bonchev–Trinajstić information content (AvgIpc) is 3.36. The first kappa shape index (κ1) is 24.9. The molecule has 0 spiro atoms. The van der Waals surface area contributed by atoms with E-state index in [0.29, 0.717) is 0 Å². The molecule has 3 aromatic rings. The molecule has 2 aromatic heterocycles. The summed E-state index contributed by atoms with van der Waals surface area (Å²) in [6.07, 6.45) is 2.93. The number of nitrogens with one attached hydrogen (secondary N) is 1. The summed E-state index contributed by atoms with van der Waals surface area (Å²) in [5.41, 5.74) is 8.62. The van der Waals surface area contributed by atoms with Crippen molar-refractivity contribution < 1.29 is 4.74 Å². The first-order chi connectivity index (χ1) is 17.4. The SMILES string of the molecule is Cc1ccc(C)c(-n2c(C)cc([C@@H]3[C@H](c4ccccn4)NC(=S)N3CCCN3CCOCC3)c2C)c1. The Hall–Kier alpha value is -2.74. The summed E-state index contributed by atoms with van der Waals surface area (Å²) in [7, 11) is 0. The maximum atomic E-state index is 5.93. The molecule has 0 aliphatic carbocycles. The zero-order valence-corrected chi connectivity index (χ0v) is 22.6. The van der Waals surface area contributed by atoms with Gasteiger partial charge in [0.15, 0.2) is 5.11 Å². The van der Waals surface area contributed by atoms with E-state index in [1.807, 2.05) is 12.3 Å². The van der Waals surface area contributed by atoms with Crippen molar-refractivity contribution in [3.05, 3.63) is 82.4 Å². The molecule has 1 N–H and O–H groups in total. The summed E-state index contributed by atoms with van der Waals surface area (Å²) in [5.74, 6) is 0. The van der Waals surface area contributed by atoms with Crippen LogP contribution in [0.5, 0.6) is 0 Å². The third-order valence-electron chi connectivity index (χ3n) is 7.57. The molecule has 0 unspecified atom stereocenters. The zero-order chi connectivity index (χ0) is 25.2. The first-order valence-corrected chi connectivity index (χ1v) is 13.4. The fraction of sp³-hybridized carbons (Fsp3) is 0.448. The number of hydrogen-bond donors (Lipinski definition) is 1. The van der Waals surface area contributed by atoms with Crippen molar-refractivity contribution in [1.82, 2.24) is 24.7 Å². The molecular formula is C29H37N5OS. The molecule has 0 saturated carbocycles. The number of hydrogen-bond acceptors (Lipinski definition) is 4. The van der Waals surface area contributed by atoms with Gasteiger partial charge in [-0.3, -0.25) is 9.88 Å². The monoisotopic (exact) mass is 503 g/mol. The number of morpholine rings is 1. The fourth-order valence-electron chi connectivity index (χ4n) is 5.69. The van der Waals surface area contributed by atoms with Crippen molar-refractivity contribution in [2.24, 2.45) is 0 Å². The Labute approximate surface area is 220 Å². The third-order valence-corrected chi connectivity index (χ3v) is 7.92. The van der Waals surface area contributed by atoms with Gasteiger partial charge < -0.3 is 19.5 Å². The number of nitrogens with zero attached hydrogens (tertiary/aromatic N) is 4. The van der Waals surface area contributed by atoms with E-state index in [4.69, 9.17) is 21.9 Å². The quantitative estimate of drug-likeness (QED) is 0.468. The molecule has 2 aliphatic heterocycles. The van der Waals surface area contributed by atoms with E-state index in [1.54, 1.807) is 0 Å². The van der Waals surface area contributed by atoms with Crippen molar-refractivity contribution in [1.29, 1.82) is 0 Å². The van der Waals surface area contributed by atoms with E-state index in [2.05, 4.69) is 83.8 Å². The van der Waals surface area contributed by atoms with Crippen LogP contribution >= 0.6 is 12.2 Å². The number of aryl methyl sites for hydroxylation is 3. The Morgan fingerprint density at radius 3 is 2.58 bits per heavy atom. The lowest BCUT2D eigenvalue weighted by Crippen LogP contribution is -2.39. The van der Waals surface area contributed by atoms with Gasteiger partial charge in [-0.2, -0.15) is 0 Å². The van der Waals surface area contributed by atoms with Gasteiger partial charge in [-0.1, -0.05) is 18.2 Å². The summed E-state index contributed by atoms with van der Waals surface area (Å²) in [6.45, 7) is 14.5. The minimum Gasteiger partial charge on any atom is -0.379 e. The molecule has 2 saturated heterocycles. The maximum Gasteiger partial charge on any atom is 0.170 e. The zero-order valence-electron chi connectivity index (χ0n) is 21.8. The van der Waals surface area contributed by atoms with Gasteiger partial charge in [0, 0.05) is 49.5 Å². The second-order valence-corrected chi connectivity index (χ2v) is 10.5. The minimum atomic E-state index is 0.00893. The third kappa shape index (κ3) is 4.92. The highest BCUT2D eigenvalue weighted by molar-refractivity contribution is 7.80. The molecule has 5 rings (SSSR count). The number of thiocarbonyl (C=S) groups is 1. The van der Waals surface area contributed by atoms with Crippen LogP contribution in [0.4, 0.5) is 0 Å². The lowest BCUT2D eigenvalue weighted by atomic mass is 9.96. The van der Waals surface area contributed by atoms with Crippen LogP contribution < -0.4 is 5.32 Å². The molecule has 2 fully saturated rings. The van der Waals surface area contributed by atoms with Gasteiger partial charge in [-0.05, 0) is 87.3 Å². The van der Waals surface area contributed by atoms with Gasteiger partial charge in [-0.15, -0.1) is 0 Å². The normalized spacial score (nSPS) is 20.7. The van der Waals surface area contributed by atoms with Crippen LogP contribution in [0.1, 0.15) is 52.3 Å². The smallest absolute Gasteiger partial charge is 0.170 e. The molecule has 0 radical (unpaired) electrons. The molecule has 6 nitrogen and oxygen atoms in total. The number of pyridine rings is 1. The van der Waals surface area contributed by atoms with E-state index < -0.39 is 0 Å². The number of aromatic nitrogens is 2. The van der Waals surface area contributed by atoms with Gasteiger partial charge in [-0.25, -0.2) is 0 Å². The van der Waals surface area contributed by atoms with Crippen LogP contribution in [0.2, 0.25) is 0 Å². The Bertz CT molecular complexity index is 1220. The van der Waals surface area contributed by atoms with Crippen molar-refractivity contribution in [2.75, 3.05) is 39.4 Å². The van der Waals surface area contributed by atoms with E-state index in [-0.39, 0.29) is 12.1 Å². The highest BCUT2D eigenvalue weighted by Crippen LogP contribution is 2.41. The predicted molar refractivity (Wildman–Crippen MR) is 149 cm³/mol. The predicted octanol–water partition coefficient (Wildman–Crippen LogP) is 4.80. The highest BCUT2D eigenvalue weighted by Gasteiger charge is 2.41. The van der Waals surface area contributed by atoms with Gasteiger partial charge in [0.25, 0.3) is 0 Å². The lowest BCUT2D eigenvalue weighted by Gasteiger charge is -2.30. The lowest BCUT2D eigenvalue weighted by molar-refractivity contribution is 0.0365. The fourth-order valence-corrected chi connectivity index (χ4v) is 6.02. The van der Waals surface area contributed by atoms with Crippen molar-refractivity contribution in [3.63, 3.8) is 0 Å². The summed E-state index contributed by atoms with van der Waals surface area (Å²) in [4.78, 5) is 9.61. The molecule has 2 aliphatic rings. The topological polar surface area (TPSA) is 45.6 Å². The van der Waals surface area contributed by atoms with Gasteiger partial charge in [0.1, 0.15) is 0 Å². The van der Waals surface area contributed by atoms with Crippen LogP contribution in [0, 0.1) is 27.7 Å². The second kappa shape index (κ2) is 10.7. The molecule has 2 atom stereocenters. The van der Waals surface area contributed by atoms with Crippen LogP contribution in [0.3, 0.4) is 0 Å². The molecule has 0 bridgehead atoms. The van der Waals surface area contributed by atoms with Gasteiger partial charge >= 0.3 is 0 Å². The van der Waals surface area contributed by atoms with Crippen molar-refractivity contribution >= 4 is 17.3 Å². The Morgan fingerprint density at radius 2 is 1.83 bits per heavy atom. The van der Waals surface area contributed by atoms with Crippen LogP contribution in [-0.4, -0.2) is 63.9 Å². The van der Waals surface area contributed by atoms with Crippen molar-refractivity contribution in [2.45, 2.75) is 46.2 Å². The Kier molecular flexibility index (Phi) is 7.42. The average molecular weight is 504 g/mol. The molecule has 1 aromatic carbocycles. The number of rotatable bonds is 7. The molecule has 190 valence electrons. The summed E-state index contributed by atoms with van der Waals surface area (Å²) < 4.78 is 7.92. The van der Waals surface area contributed by atoms with Crippen molar-refractivity contribution in [3.8, 4) is 5.69 Å². The first-order valence-electron chi connectivity index (χ1n) is 13.0. The molecule has 36 heavy (non-hydrogen) atoms. The summed E-state index contributed by atoms with van der Waals surface area (Å²) >= 11 is 5.93. The Morgan fingerprint density at radius 1 is 1.03 bits per heavy atom. The molecule has 7 heteroatoms. The van der Waals surface area contributed by atoms with E-state index in [0.717, 1.165) is 56.6 Å². The van der Waals surface area contributed by atoms with Gasteiger partial charge in [0.2, 0.25) is 0 Å². The van der Waals surface area contributed by atoms with E-state index in [1.165, 1.54) is 33.8 Å². The summed E-state index contributed by atoms with van der Waals surface area (Å²) in [6, 6.07) is 15.3. The molecule has 4 heterocycles. The van der Waals surface area contributed by atoms with Crippen LogP contribution in [0.15, 0.2) is 48.7 Å². The molecular weight excluding hydrogens is 466 g/mol. The second-order valence-electron chi connectivity index (χ2n) is 10.1. The number of ether oxygens (including phenoxy) is 1. The van der Waals surface area contributed by atoms with Crippen LogP contribution in [-0.2, 0) is 4.74 Å². The molecule has 0 amide bonds. The van der Waals surface area contributed by atoms with E-state index >= 15 is 0 Å². The largest absolute Gasteiger partial charge is 0.379 e. The van der Waals surface area contributed by atoms with Gasteiger partial charge in [0.05, 0.1) is 31.0 Å². The maximum absolute atomic E-state index is 5.93. The summed E-state index contributed by atoms with van der Waals surface area (Å²) in [5, 5.41) is 4.44.